The summed E-state index contributed by atoms with van der Waals surface area (Å²) in [7, 11) is 0. The molecule has 7 atom stereocenters. The minimum atomic E-state index is -1.35. The Balaban J connectivity index is 3.52. The molecular weight excluding hydrogens is 514 g/mol. The van der Waals surface area contributed by atoms with E-state index in [1.165, 1.54) is 12.1 Å². The molecule has 1 aromatic rings. The molecule has 0 aliphatic rings. The predicted octanol–water partition coefficient (Wildman–Crippen LogP) is 5.58. The number of hydrogen-bond acceptors (Lipinski definition) is 8. The molecule has 0 heterocycles. The number of aliphatic carboxylic acids is 1. The summed E-state index contributed by atoms with van der Waals surface area (Å²) < 4.78 is 17.0. The highest BCUT2D eigenvalue weighted by Crippen LogP contribution is 2.38. The third kappa shape index (κ3) is 9.91. The van der Waals surface area contributed by atoms with Crippen molar-refractivity contribution in [2.45, 2.75) is 100 Å². The van der Waals surface area contributed by atoms with Gasteiger partial charge in [-0.05, 0) is 42.4 Å². The fourth-order valence-electron chi connectivity index (χ4n) is 3.92. The molecule has 9 nitrogen and oxygen atoms in total. The molecule has 0 saturated heterocycles. The number of carboxylic acids is 1. The molecule has 0 amide bonds. The second kappa shape index (κ2) is 15.7. The summed E-state index contributed by atoms with van der Waals surface area (Å²) in [6.45, 7) is 18.5. The van der Waals surface area contributed by atoms with Gasteiger partial charge in [0.15, 0.2) is 11.5 Å². The number of ether oxygens (including phenoxy) is 3. The van der Waals surface area contributed by atoms with Crippen molar-refractivity contribution in [2.24, 2.45) is 41.2 Å². The largest absolute Gasteiger partial charge is 0.480 e. The Morgan fingerprint density at radius 3 is 1.77 bits per heavy atom. The number of nitrogens with two attached hydrogens (primary N) is 1. The van der Waals surface area contributed by atoms with Gasteiger partial charge in [-0.15, -0.1) is 0 Å². The highest BCUT2D eigenvalue weighted by atomic mass is 16.6. The Morgan fingerprint density at radius 2 is 1.32 bits per heavy atom. The van der Waals surface area contributed by atoms with E-state index in [0.29, 0.717) is 5.56 Å². The van der Waals surface area contributed by atoms with Crippen LogP contribution in [0.25, 0.3) is 0 Å². The van der Waals surface area contributed by atoms with Gasteiger partial charge in [-0.1, -0.05) is 74.8 Å². The fourth-order valence-corrected chi connectivity index (χ4v) is 3.92. The molecular formula is C31H49NO8. The molecule has 0 fully saturated rings. The van der Waals surface area contributed by atoms with Crippen LogP contribution in [-0.2, 0) is 23.9 Å². The van der Waals surface area contributed by atoms with Gasteiger partial charge in [-0.2, -0.15) is 0 Å². The molecule has 6 unspecified atom stereocenters. The lowest BCUT2D eigenvalue weighted by atomic mass is 9.79. The topological polar surface area (TPSA) is 142 Å². The molecule has 0 bridgehead atoms. The molecule has 0 aliphatic carbocycles. The van der Waals surface area contributed by atoms with E-state index in [9.17, 15) is 24.3 Å². The number of carboxylic acid groups (broad SMARTS) is 1. The van der Waals surface area contributed by atoms with Crippen LogP contribution in [0.2, 0.25) is 0 Å². The molecule has 226 valence electrons. The smallest absolute Gasteiger partial charge is 0.321 e. The van der Waals surface area contributed by atoms with Gasteiger partial charge in [-0.3, -0.25) is 19.2 Å². The lowest BCUT2D eigenvalue weighted by Gasteiger charge is -2.32. The number of rotatable bonds is 15. The van der Waals surface area contributed by atoms with E-state index in [4.69, 9.17) is 19.9 Å². The first kappa shape index (κ1) is 35.1. The Morgan fingerprint density at radius 1 is 0.825 bits per heavy atom. The molecule has 1 rings (SSSR count). The van der Waals surface area contributed by atoms with Crippen molar-refractivity contribution in [3.05, 3.63) is 23.8 Å². The molecule has 0 radical (unpaired) electrons. The summed E-state index contributed by atoms with van der Waals surface area (Å²) in [6, 6.07) is 3.23. The standard InChI is InChI=1S/C31H49NO8/c1-11-18(6)14-26(33)38-22(10)21(9)27(28(32)29(34)35)23-12-13-24(39-30(36)19(7)16(2)3)25(15-23)40-31(37)20(8)17(4)5/h12-13,15-22,27-28H,11,14,32H2,1-10H3,(H,34,35)/t18?,19?,20?,21?,22?,27?,28-/m0/s1. The van der Waals surface area contributed by atoms with Gasteiger partial charge in [0.1, 0.15) is 12.1 Å². The van der Waals surface area contributed by atoms with Crippen LogP contribution in [-0.4, -0.2) is 41.1 Å². The van der Waals surface area contributed by atoms with E-state index in [1.807, 2.05) is 41.5 Å². The van der Waals surface area contributed by atoms with E-state index in [2.05, 4.69) is 0 Å². The van der Waals surface area contributed by atoms with Crippen LogP contribution in [0, 0.1) is 35.5 Å². The van der Waals surface area contributed by atoms with Crippen molar-refractivity contribution < 1.29 is 38.5 Å². The van der Waals surface area contributed by atoms with Gasteiger partial charge in [0.05, 0.1) is 11.8 Å². The quantitative estimate of drug-likeness (QED) is 0.206. The third-order valence-corrected chi connectivity index (χ3v) is 8.03. The molecule has 3 N–H and O–H groups in total. The SMILES string of the molecule is CCC(C)CC(=O)OC(C)C(C)C(c1ccc(OC(=O)C(C)C(C)C)c(OC(=O)C(C)C(C)C)c1)[C@H](N)C(=O)O. The third-order valence-electron chi connectivity index (χ3n) is 8.03. The maximum atomic E-state index is 12.9. The molecule has 0 spiro atoms. The van der Waals surface area contributed by atoms with Gasteiger partial charge in [0.25, 0.3) is 0 Å². The first-order chi connectivity index (χ1) is 18.5. The maximum Gasteiger partial charge on any atom is 0.321 e. The van der Waals surface area contributed by atoms with E-state index in [1.54, 1.807) is 33.8 Å². The van der Waals surface area contributed by atoms with E-state index < -0.39 is 53.7 Å². The summed E-state index contributed by atoms with van der Waals surface area (Å²) in [4.78, 5) is 50.1. The molecule has 40 heavy (non-hydrogen) atoms. The van der Waals surface area contributed by atoms with E-state index in [-0.39, 0.29) is 41.6 Å². The van der Waals surface area contributed by atoms with Crippen LogP contribution in [0.3, 0.4) is 0 Å². The minimum absolute atomic E-state index is 0.00168. The van der Waals surface area contributed by atoms with Crippen LogP contribution in [0.1, 0.15) is 93.6 Å². The Hall–Kier alpha value is -2.94. The first-order valence-electron chi connectivity index (χ1n) is 14.3. The number of carbonyl (C=O) groups excluding carboxylic acids is 3. The summed E-state index contributed by atoms with van der Waals surface area (Å²) in [5.74, 6) is -4.54. The van der Waals surface area contributed by atoms with Crippen molar-refractivity contribution in [1.29, 1.82) is 0 Å². The monoisotopic (exact) mass is 563 g/mol. The molecule has 1 aromatic carbocycles. The Bertz CT molecular complexity index is 1020. The van der Waals surface area contributed by atoms with Crippen LogP contribution < -0.4 is 15.2 Å². The zero-order chi connectivity index (χ0) is 30.9. The molecule has 0 aliphatic heterocycles. The van der Waals surface area contributed by atoms with Gasteiger partial charge >= 0.3 is 23.9 Å². The first-order valence-corrected chi connectivity index (χ1v) is 14.3. The van der Waals surface area contributed by atoms with Gasteiger partial charge < -0.3 is 25.1 Å². The fraction of sp³-hybridized carbons (Fsp3) is 0.677. The van der Waals surface area contributed by atoms with Gasteiger partial charge in [0, 0.05) is 18.3 Å². The van der Waals surface area contributed by atoms with Gasteiger partial charge in [-0.25, -0.2) is 0 Å². The van der Waals surface area contributed by atoms with E-state index >= 15 is 0 Å². The lowest BCUT2D eigenvalue weighted by molar-refractivity contribution is -0.152. The second-order valence-electron chi connectivity index (χ2n) is 11.8. The highest BCUT2D eigenvalue weighted by Gasteiger charge is 2.36. The van der Waals surface area contributed by atoms with Crippen LogP contribution in [0.4, 0.5) is 0 Å². The van der Waals surface area contributed by atoms with Crippen LogP contribution in [0.5, 0.6) is 11.5 Å². The minimum Gasteiger partial charge on any atom is -0.480 e. The van der Waals surface area contributed by atoms with Crippen molar-refractivity contribution in [3.8, 4) is 11.5 Å². The normalized spacial score (nSPS) is 16.8. The second-order valence-corrected chi connectivity index (χ2v) is 11.8. The zero-order valence-electron chi connectivity index (χ0n) is 25.7. The van der Waals surface area contributed by atoms with E-state index in [0.717, 1.165) is 6.42 Å². The molecule has 0 saturated carbocycles. The van der Waals surface area contributed by atoms with Crippen LogP contribution in [0.15, 0.2) is 18.2 Å². The number of esters is 3. The van der Waals surface area contributed by atoms with Crippen LogP contribution >= 0.6 is 0 Å². The van der Waals surface area contributed by atoms with Crippen molar-refractivity contribution in [3.63, 3.8) is 0 Å². The number of hydrogen-bond donors (Lipinski definition) is 2. The lowest BCUT2D eigenvalue weighted by Crippen LogP contribution is -2.42. The number of benzene rings is 1. The summed E-state index contributed by atoms with van der Waals surface area (Å²) in [5.41, 5.74) is 6.61. The van der Waals surface area contributed by atoms with Gasteiger partial charge in [0.2, 0.25) is 0 Å². The van der Waals surface area contributed by atoms with Crippen molar-refractivity contribution in [1.82, 2.24) is 0 Å². The maximum absolute atomic E-state index is 12.9. The van der Waals surface area contributed by atoms with Crippen molar-refractivity contribution >= 4 is 23.9 Å². The molecule has 9 heteroatoms. The van der Waals surface area contributed by atoms with Crippen molar-refractivity contribution in [2.75, 3.05) is 0 Å². The Kier molecular flexibility index (Phi) is 13.8. The summed E-state index contributed by atoms with van der Waals surface area (Å²) >= 11 is 0. The average molecular weight is 564 g/mol. The summed E-state index contributed by atoms with van der Waals surface area (Å²) in [6.07, 6.45) is 0.435. The molecule has 0 aromatic heterocycles. The number of carbonyl (C=O) groups is 4. The summed E-state index contributed by atoms with van der Waals surface area (Å²) in [5, 5.41) is 9.82. The zero-order valence-corrected chi connectivity index (χ0v) is 25.7. The Labute approximate surface area is 239 Å². The average Bonchev–Trinajstić information content (AvgIpc) is 2.88. The highest BCUT2D eigenvalue weighted by molar-refractivity contribution is 5.79. The predicted molar refractivity (Wildman–Crippen MR) is 153 cm³/mol.